The molecule has 0 spiro atoms. The first-order valence-electron chi connectivity index (χ1n) is 8.55. The molecular weight excluding hydrogens is 368 g/mol. The molecular formula is C18H22N4O4S. The van der Waals surface area contributed by atoms with E-state index in [1.807, 2.05) is 29.2 Å². The lowest BCUT2D eigenvalue weighted by Crippen LogP contribution is -2.49. The number of carbonyl (C=O) groups is 2. The van der Waals surface area contributed by atoms with Crippen molar-refractivity contribution in [2.45, 2.75) is 6.42 Å². The van der Waals surface area contributed by atoms with E-state index >= 15 is 0 Å². The molecule has 1 saturated heterocycles. The second-order valence-electron chi connectivity index (χ2n) is 6.01. The molecule has 0 aliphatic carbocycles. The zero-order valence-corrected chi connectivity index (χ0v) is 16.1. The van der Waals surface area contributed by atoms with E-state index in [4.69, 9.17) is 4.74 Å². The van der Waals surface area contributed by atoms with Gasteiger partial charge in [0.2, 0.25) is 5.91 Å². The van der Waals surface area contributed by atoms with Crippen LogP contribution >= 0.6 is 11.3 Å². The fraction of sp³-hybridized carbons (Fsp3) is 0.389. The van der Waals surface area contributed by atoms with Gasteiger partial charge >= 0.3 is 6.09 Å². The van der Waals surface area contributed by atoms with Gasteiger partial charge in [0.05, 0.1) is 26.3 Å². The van der Waals surface area contributed by atoms with Crippen LogP contribution in [0.2, 0.25) is 0 Å². The maximum absolute atomic E-state index is 12.5. The van der Waals surface area contributed by atoms with E-state index < -0.39 is 6.09 Å². The average Bonchev–Trinajstić information content (AvgIpc) is 3.14. The van der Waals surface area contributed by atoms with Gasteiger partial charge in [-0.3, -0.25) is 10.1 Å². The third-order valence-corrected chi connectivity index (χ3v) is 5.14. The molecule has 1 fully saturated rings. The number of piperazine rings is 1. The van der Waals surface area contributed by atoms with E-state index in [1.54, 1.807) is 12.5 Å². The topological polar surface area (TPSA) is 84.0 Å². The maximum Gasteiger partial charge on any atom is 0.413 e. The Balaban J connectivity index is 1.52. The van der Waals surface area contributed by atoms with E-state index in [0.717, 1.165) is 24.5 Å². The van der Waals surface area contributed by atoms with Crippen molar-refractivity contribution in [3.8, 4) is 5.75 Å². The Morgan fingerprint density at radius 2 is 2.00 bits per heavy atom. The highest BCUT2D eigenvalue weighted by Crippen LogP contribution is 2.22. The number of methoxy groups -OCH3 is 2. The van der Waals surface area contributed by atoms with Gasteiger partial charge in [0.15, 0.2) is 5.13 Å². The number of nitrogens with one attached hydrogen (secondary N) is 1. The summed E-state index contributed by atoms with van der Waals surface area (Å²) >= 11 is 1.27. The van der Waals surface area contributed by atoms with Gasteiger partial charge in [-0.25, -0.2) is 9.78 Å². The summed E-state index contributed by atoms with van der Waals surface area (Å²) in [4.78, 5) is 32.1. The Bertz CT molecular complexity index is 802. The zero-order valence-electron chi connectivity index (χ0n) is 15.3. The molecule has 0 radical (unpaired) electrons. The third kappa shape index (κ3) is 4.88. The van der Waals surface area contributed by atoms with E-state index in [9.17, 15) is 9.59 Å². The van der Waals surface area contributed by atoms with Crippen LogP contribution in [0, 0.1) is 0 Å². The molecule has 9 heteroatoms. The molecule has 0 saturated carbocycles. The quantitative estimate of drug-likeness (QED) is 0.843. The summed E-state index contributed by atoms with van der Waals surface area (Å²) in [6.45, 7) is 2.86. The number of rotatable bonds is 5. The second-order valence-corrected chi connectivity index (χ2v) is 6.86. The summed E-state index contributed by atoms with van der Waals surface area (Å²) in [6.07, 6.45) is -0.353. The Labute approximate surface area is 161 Å². The first-order chi connectivity index (χ1) is 13.1. The van der Waals surface area contributed by atoms with Crippen LogP contribution in [0.3, 0.4) is 0 Å². The number of carbonyl (C=O) groups excluding carboxylic acids is 2. The molecule has 2 aromatic rings. The SMILES string of the molecule is COC(=O)Nc1nc(CC(=O)N2CCN(c3cccc(OC)c3)CC2)cs1. The lowest BCUT2D eigenvalue weighted by atomic mass is 10.2. The van der Waals surface area contributed by atoms with E-state index in [1.165, 1.54) is 18.4 Å². The van der Waals surface area contributed by atoms with Crippen LogP contribution in [0.5, 0.6) is 5.75 Å². The van der Waals surface area contributed by atoms with E-state index in [-0.39, 0.29) is 12.3 Å². The summed E-state index contributed by atoms with van der Waals surface area (Å²) in [7, 11) is 2.94. The van der Waals surface area contributed by atoms with Gasteiger partial charge in [0, 0.05) is 43.3 Å². The lowest BCUT2D eigenvalue weighted by molar-refractivity contribution is -0.130. The molecule has 1 aliphatic heterocycles. The highest BCUT2D eigenvalue weighted by atomic mass is 32.1. The first kappa shape index (κ1) is 19.0. The molecule has 1 aromatic heterocycles. The van der Waals surface area contributed by atoms with Gasteiger partial charge in [0.1, 0.15) is 5.75 Å². The number of hydrogen-bond acceptors (Lipinski definition) is 7. The zero-order chi connectivity index (χ0) is 19.2. The van der Waals surface area contributed by atoms with Gasteiger partial charge in [-0.2, -0.15) is 0 Å². The van der Waals surface area contributed by atoms with Gasteiger partial charge in [0.25, 0.3) is 0 Å². The highest BCUT2D eigenvalue weighted by molar-refractivity contribution is 7.13. The van der Waals surface area contributed by atoms with Crippen molar-refractivity contribution in [1.82, 2.24) is 9.88 Å². The second kappa shape index (κ2) is 8.72. The minimum atomic E-state index is -0.573. The fourth-order valence-electron chi connectivity index (χ4n) is 2.87. The Morgan fingerprint density at radius 1 is 1.22 bits per heavy atom. The molecule has 27 heavy (non-hydrogen) atoms. The van der Waals surface area contributed by atoms with E-state index in [2.05, 4.69) is 19.9 Å². The summed E-state index contributed by atoms with van der Waals surface area (Å²) in [5.74, 6) is 0.862. The minimum absolute atomic E-state index is 0.0372. The van der Waals surface area contributed by atoms with Crippen LogP contribution in [-0.2, 0) is 16.0 Å². The monoisotopic (exact) mass is 390 g/mol. The lowest BCUT2D eigenvalue weighted by Gasteiger charge is -2.36. The van der Waals surface area contributed by atoms with E-state index in [0.29, 0.717) is 23.9 Å². The Hall–Kier alpha value is -2.81. The Kier molecular flexibility index (Phi) is 6.12. The summed E-state index contributed by atoms with van der Waals surface area (Å²) < 4.78 is 9.80. The minimum Gasteiger partial charge on any atom is -0.497 e. The van der Waals surface area contributed by atoms with Crippen LogP contribution in [0.1, 0.15) is 5.69 Å². The predicted molar refractivity (Wildman–Crippen MR) is 104 cm³/mol. The number of anilines is 2. The van der Waals surface area contributed by atoms with Gasteiger partial charge in [-0.15, -0.1) is 11.3 Å². The van der Waals surface area contributed by atoms with Crippen molar-refractivity contribution in [2.75, 3.05) is 50.6 Å². The molecule has 3 rings (SSSR count). The normalized spacial score (nSPS) is 14.0. The molecule has 0 atom stereocenters. The average molecular weight is 390 g/mol. The van der Waals surface area contributed by atoms with Gasteiger partial charge in [-0.1, -0.05) is 6.07 Å². The largest absolute Gasteiger partial charge is 0.497 e. The fourth-order valence-corrected chi connectivity index (χ4v) is 3.57. The van der Waals surface area contributed by atoms with Crippen LogP contribution in [0.25, 0.3) is 0 Å². The van der Waals surface area contributed by atoms with Crippen molar-refractivity contribution in [3.63, 3.8) is 0 Å². The molecule has 1 aromatic carbocycles. The first-order valence-corrected chi connectivity index (χ1v) is 9.43. The maximum atomic E-state index is 12.5. The van der Waals surface area contributed by atoms with Crippen molar-refractivity contribution in [3.05, 3.63) is 35.3 Å². The molecule has 1 aliphatic rings. The number of aromatic nitrogens is 1. The standard InChI is InChI=1S/C18H22N4O4S/c1-25-15-5-3-4-14(11-15)21-6-8-22(9-7-21)16(23)10-13-12-27-17(19-13)20-18(24)26-2/h3-5,11-12H,6-10H2,1-2H3,(H,19,20,24). The van der Waals surface area contributed by atoms with Gasteiger partial charge < -0.3 is 19.3 Å². The van der Waals surface area contributed by atoms with Crippen LogP contribution in [0.15, 0.2) is 29.6 Å². The number of ether oxygens (including phenoxy) is 2. The third-order valence-electron chi connectivity index (χ3n) is 4.33. The van der Waals surface area contributed by atoms with Gasteiger partial charge in [-0.05, 0) is 12.1 Å². The predicted octanol–water partition coefficient (Wildman–Crippen LogP) is 2.22. The molecule has 0 bridgehead atoms. The number of thiazole rings is 1. The molecule has 144 valence electrons. The number of hydrogen-bond donors (Lipinski definition) is 1. The number of benzene rings is 1. The number of amides is 2. The highest BCUT2D eigenvalue weighted by Gasteiger charge is 2.22. The summed E-state index contributed by atoms with van der Waals surface area (Å²) in [6, 6.07) is 7.93. The van der Waals surface area contributed by atoms with Crippen LogP contribution in [-0.4, -0.2) is 62.3 Å². The summed E-state index contributed by atoms with van der Waals surface area (Å²) in [5, 5.41) is 4.70. The smallest absolute Gasteiger partial charge is 0.413 e. The molecule has 8 nitrogen and oxygen atoms in total. The van der Waals surface area contributed by atoms with Crippen molar-refractivity contribution in [1.29, 1.82) is 0 Å². The molecule has 2 heterocycles. The van der Waals surface area contributed by atoms with Crippen molar-refractivity contribution in [2.24, 2.45) is 0 Å². The Morgan fingerprint density at radius 3 is 2.70 bits per heavy atom. The van der Waals surface area contributed by atoms with Crippen LogP contribution < -0.4 is 15.0 Å². The molecule has 0 unspecified atom stereocenters. The summed E-state index contributed by atoms with van der Waals surface area (Å²) in [5.41, 5.74) is 1.74. The van der Waals surface area contributed by atoms with Crippen molar-refractivity contribution >= 4 is 34.2 Å². The molecule has 1 N–H and O–H groups in total. The number of nitrogens with zero attached hydrogens (tertiary/aromatic N) is 3. The molecule has 2 amide bonds. The van der Waals surface area contributed by atoms with Crippen LogP contribution in [0.4, 0.5) is 15.6 Å². The van der Waals surface area contributed by atoms with Crippen molar-refractivity contribution < 1.29 is 19.1 Å².